The maximum atomic E-state index is 5.99. The van der Waals surface area contributed by atoms with Gasteiger partial charge in [0.2, 0.25) is 0 Å². The molecule has 0 atom stereocenters. The maximum Gasteiger partial charge on any atom is 0.0371 e. The molecule has 1 aromatic carbocycles. The van der Waals surface area contributed by atoms with Gasteiger partial charge in [-0.15, -0.1) is 0 Å². The van der Waals surface area contributed by atoms with E-state index in [1.54, 1.807) is 0 Å². The molecule has 16 heavy (non-hydrogen) atoms. The van der Waals surface area contributed by atoms with Crippen molar-refractivity contribution in [2.24, 2.45) is 0 Å². The first kappa shape index (κ1) is 11.7. The smallest absolute Gasteiger partial charge is 0.0371 e. The lowest BCUT2D eigenvalue weighted by Crippen LogP contribution is -2.28. The van der Waals surface area contributed by atoms with Crippen LogP contribution in [0.15, 0.2) is 34.3 Å². The first-order chi connectivity index (χ1) is 7.65. The minimum absolute atomic E-state index is 0.876. The van der Waals surface area contributed by atoms with Crippen molar-refractivity contribution >= 4 is 21.6 Å². The van der Waals surface area contributed by atoms with Crippen molar-refractivity contribution in [3.63, 3.8) is 0 Å². The Morgan fingerprint density at radius 2 is 2.25 bits per heavy atom. The lowest BCUT2D eigenvalue weighted by Gasteiger charge is -2.25. The van der Waals surface area contributed by atoms with Crippen LogP contribution in [0.5, 0.6) is 0 Å². The van der Waals surface area contributed by atoms with Crippen molar-refractivity contribution in [3.8, 4) is 0 Å². The molecule has 3 heteroatoms. The molecular weight excluding hydrogens is 264 g/mol. The van der Waals surface area contributed by atoms with E-state index >= 15 is 0 Å². The molecule has 0 saturated carbocycles. The highest BCUT2D eigenvalue weighted by Gasteiger charge is 2.11. The SMILES string of the molecule is CC1=CCN(Cc2ccc(Br)cc2N)CC1. The maximum absolute atomic E-state index is 5.99. The number of anilines is 1. The number of nitrogen functional groups attached to an aromatic ring is 1. The quantitative estimate of drug-likeness (QED) is 0.666. The van der Waals surface area contributed by atoms with E-state index in [0.29, 0.717) is 0 Å². The molecule has 0 spiro atoms. The number of benzene rings is 1. The topological polar surface area (TPSA) is 29.3 Å². The third-order valence-electron chi connectivity index (χ3n) is 3.02. The number of nitrogens with zero attached hydrogens (tertiary/aromatic N) is 1. The minimum atomic E-state index is 0.876. The summed E-state index contributed by atoms with van der Waals surface area (Å²) in [5.41, 5.74) is 9.59. The van der Waals surface area contributed by atoms with Crippen molar-refractivity contribution in [3.05, 3.63) is 39.9 Å². The van der Waals surface area contributed by atoms with Crippen molar-refractivity contribution in [1.29, 1.82) is 0 Å². The normalized spacial score (nSPS) is 17.2. The number of rotatable bonds is 2. The molecule has 1 heterocycles. The van der Waals surface area contributed by atoms with Crippen LogP contribution in [0, 0.1) is 0 Å². The summed E-state index contributed by atoms with van der Waals surface area (Å²) in [5, 5.41) is 0. The van der Waals surface area contributed by atoms with Gasteiger partial charge in [0.05, 0.1) is 0 Å². The first-order valence-electron chi connectivity index (χ1n) is 5.57. The molecule has 0 amide bonds. The van der Waals surface area contributed by atoms with Gasteiger partial charge in [0, 0.05) is 29.8 Å². The predicted octanol–water partition coefficient (Wildman–Crippen LogP) is 3.18. The van der Waals surface area contributed by atoms with E-state index in [1.165, 1.54) is 17.6 Å². The summed E-state index contributed by atoms with van der Waals surface area (Å²) in [6.07, 6.45) is 3.48. The summed E-state index contributed by atoms with van der Waals surface area (Å²) in [6.45, 7) is 5.33. The Hall–Kier alpha value is -0.800. The number of halogens is 1. The van der Waals surface area contributed by atoms with E-state index in [-0.39, 0.29) is 0 Å². The van der Waals surface area contributed by atoms with Crippen molar-refractivity contribution in [1.82, 2.24) is 4.90 Å². The Morgan fingerprint density at radius 1 is 1.44 bits per heavy atom. The molecule has 0 aromatic heterocycles. The third-order valence-corrected chi connectivity index (χ3v) is 3.52. The second kappa shape index (κ2) is 5.02. The molecule has 0 bridgehead atoms. The van der Waals surface area contributed by atoms with Crippen LogP contribution in [0.1, 0.15) is 18.9 Å². The highest BCUT2D eigenvalue weighted by atomic mass is 79.9. The fraction of sp³-hybridized carbons (Fsp3) is 0.385. The van der Waals surface area contributed by atoms with Gasteiger partial charge in [0.15, 0.2) is 0 Å². The van der Waals surface area contributed by atoms with Crippen molar-refractivity contribution in [2.45, 2.75) is 19.9 Å². The van der Waals surface area contributed by atoms with Crippen LogP contribution in [0.25, 0.3) is 0 Å². The summed E-state index contributed by atoms with van der Waals surface area (Å²) in [7, 11) is 0. The second-order valence-electron chi connectivity index (χ2n) is 4.38. The molecule has 0 fully saturated rings. The summed E-state index contributed by atoms with van der Waals surface area (Å²) in [4.78, 5) is 2.42. The highest BCUT2D eigenvalue weighted by molar-refractivity contribution is 9.10. The van der Waals surface area contributed by atoms with E-state index in [4.69, 9.17) is 5.73 Å². The average Bonchev–Trinajstić information content (AvgIpc) is 2.25. The molecule has 2 N–H and O–H groups in total. The molecule has 0 saturated heterocycles. The standard InChI is InChI=1S/C13H17BrN2/c1-10-4-6-16(7-5-10)9-11-2-3-12(14)8-13(11)15/h2-4,8H,5-7,9,15H2,1H3. The molecule has 1 aliphatic heterocycles. The van der Waals surface area contributed by atoms with Crippen molar-refractivity contribution < 1.29 is 0 Å². The number of hydrogen-bond acceptors (Lipinski definition) is 2. The van der Waals surface area contributed by atoms with Gasteiger partial charge >= 0.3 is 0 Å². The number of nitrogens with two attached hydrogens (primary N) is 1. The third kappa shape index (κ3) is 2.86. The minimum Gasteiger partial charge on any atom is -0.398 e. The molecule has 86 valence electrons. The summed E-state index contributed by atoms with van der Waals surface area (Å²) in [5.74, 6) is 0. The Morgan fingerprint density at radius 3 is 2.88 bits per heavy atom. The van der Waals surface area contributed by atoms with E-state index < -0.39 is 0 Å². The average molecular weight is 281 g/mol. The van der Waals surface area contributed by atoms with Gasteiger partial charge in [-0.05, 0) is 31.0 Å². The summed E-state index contributed by atoms with van der Waals surface area (Å²) < 4.78 is 1.04. The van der Waals surface area contributed by atoms with Crippen LogP contribution in [0.4, 0.5) is 5.69 Å². The van der Waals surface area contributed by atoms with E-state index in [9.17, 15) is 0 Å². The van der Waals surface area contributed by atoms with Crippen LogP contribution >= 0.6 is 15.9 Å². The van der Waals surface area contributed by atoms with Gasteiger partial charge in [0.25, 0.3) is 0 Å². The van der Waals surface area contributed by atoms with Gasteiger partial charge in [-0.3, -0.25) is 4.90 Å². The van der Waals surface area contributed by atoms with Crippen LogP contribution in [0.2, 0.25) is 0 Å². The predicted molar refractivity (Wildman–Crippen MR) is 72.2 cm³/mol. The molecule has 0 unspecified atom stereocenters. The Labute approximate surface area is 105 Å². The zero-order chi connectivity index (χ0) is 11.5. The van der Waals surface area contributed by atoms with Crippen LogP contribution in [-0.2, 0) is 6.54 Å². The van der Waals surface area contributed by atoms with Gasteiger partial charge in [-0.2, -0.15) is 0 Å². The number of hydrogen-bond donors (Lipinski definition) is 1. The zero-order valence-electron chi connectivity index (χ0n) is 9.54. The van der Waals surface area contributed by atoms with E-state index in [1.807, 2.05) is 6.07 Å². The Bertz CT molecular complexity index is 412. The molecule has 0 radical (unpaired) electrons. The van der Waals surface area contributed by atoms with Gasteiger partial charge in [-0.1, -0.05) is 33.6 Å². The zero-order valence-corrected chi connectivity index (χ0v) is 11.1. The molecule has 2 rings (SSSR count). The van der Waals surface area contributed by atoms with Crippen molar-refractivity contribution in [2.75, 3.05) is 18.8 Å². The highest BCUT2D eigenvalue weighted by Crippen LogP contribution is 2.21. The summed E-state index contributed by atoms with van der Waals surface area (Å²) >= 11 is 3.43. The molecule has 0 aliphatic carbocycles. The molecule has 2 nitrogen and oxygen atoms in total. The lowest BCUT2D eigenvalue weighted by atomic mass is 10.1. The van der Waals surface area contributed by atoms with Gasteiger partial charge in [-0.25, -0.2) is 0 Å². The Kier molecular flexibility index (Phi) is 3.66. The molecule has 1 aliphatic rings. The lowest BCUT2D eigenvalue weighted by molar-refractivity contribution is 0.286. The monoisotopic (exact) mass is 280 g/mol. The molecular formula is C13H17BrN2. The molecule has 1 aromatic rings. The fourth-order valence-electron chi connectivity index (χ4n) is 1.91. The largest absolute Gasteiger partial charge is 0.398 e. The van der Waals surface area contributed by atoms with Crippen LogP contribution in [0.3, 0.4) is 0 Å². The van der Waals surface area contributed by atoms with Crippen LogP contribution in [-0.4, -0.2) is 18.0 Å². The van der Waals surface area contributed by atoms with Crippen LogP contribution < -0.4 is 5.73 Å². The first-order valence-corrected chi connectivity index (χ1v) is 6.36. The van der Waals surface area contributed by atoms with Gasteiger partial charge in [0.1, 0.15) is 0 Å². The van der Waals surface area contributed by atoms with E-state index in [2.05, 4.69) is 46.0 Å². The van der Waals surface area contributed by atoms with E-state index in [0.717, 1.165) is 29.8 Å². The van der Waals surface area contributed by atoms with Gasteiger partial charge < -0.3 is 5.73 Å². The second-order valence-corrected chi connectivity index (χ2v) is 5.29. The Balaban J connectivity index is 2.04. The summed E-state index contributed by atoms with van der Waals surface area (Å²) in [6, 6.07) is 6.13. The fourth-order valence-corrected chi connectivity index (χ4v) is 2.29.